The zero-order valence-electron chi connectivity index (χ0n) is 10.7. The van der Waals surface area contributed by atoms with E-state index in [1.54, 1.807) is 12.3 Å². The number of carbonyl (C=O) groups excluding carboxylic acids is 1. The van der Waals surface area contributed by atoms with Crippen LogP contribution in [0.25, 0.3) is 0 Å². The van der Waals surface area contributed by atoms with Crippen molar-refractivity contribution in [2.45, 2.75) is 32.6 Å². The standard InChI is InChI=1S/C14H20BrNO2/c1-10-13(6-7-18-10)14(17)16-9-12-5-3-2-4-11(12)8-15/h6-7,11-12H,2-5,8-9H2,1H3,(H,16,17). The summed E-state index contributed by atoms with van der Waals surface area (Å²) in [7, 11) is 0. The van der Waals surface area contributed by atoms with E-state index < -0.39 is 0 Å². The van der Waals surface area contributed by atoms with Crippen LogP contribution in [0, 0.1) is 18.8 Å². The third kappa shape index (κ3) is 3.16. The fourth-order valence-corrected chi connectivity index (χ4v) is 3.55. The molecule has 1 saturated carbocycles. The highest BCUT2D eigenvalue weighted by atomic mass is 79.9. The monoisotopic (exact) mass is 313 g/mol. The molecular weight excluding hydrogens is 294 g/mol. The molecule has 18 heavy (non-hydrogen) atoms. The van der Waals surface area contributed by atoms with Gasteiger partial charge in [0.15, 0.2) is 0 Å². The van der Waals surface area contributed by atoms with Crippen LogP contribution in [0.2, 0.25) is 0 Å². The maximum absolute atomic E-state index is 12.0. The molecule has 0 aromatic carbocycles. The summed E-state index contributed by atoms with van der Waals surface area (Å²) in [5.74, 6) is 1.98. The van der Waals surface area contributed by atoms with Crippen LogP contribution in [0.4, 0.5) is 0 Å². The molecule has 0 spiro atoms. The van der Waals surface area contributed by atoms with Crippen molar-refractivity contribution >= 4 is 21.8 Å². The molecule has 0 saturated heterocycles. The first-order valence-electron chi connectivity index (χ1n) is 6.60. The number of furan rings is 1. The summed E-state index contributed by atoms with van der Waals surface area (Å²) in [4.78, 5) is 12.0. The highest BCUT2D eigenvalue weighted by molar-refractivity contribution is 9.09. The Morgan fingerprint density at radius 2 is 2.17 bits per heavy atom. The summed E-state index contributed by atoms with van der Waals surface area (Å²) in [5.41, 5.74) is 0.654. The third-order valence-corrected chi connectivity index (χ3v) is 4.72. The average Bonchev–Trinajstić information content (AvgIpc) is 2.82. The second kappa shape index (κ2) is 6.41. The van der Waals surface area contributed by atoms with Crippen molar-refractivity contribution < 1.29 is 9.21 Å². The van der Waals surface area contributed by atoms with E-state index in [0.717, 1.165) is 11.9 Å². The quantitative estimate of drug-likeness (QED) is 0.864. The van der Waals surface area contributed by atoms with Crippen LogP contribution in [0.5, 0.6) is 0 Å². The molecule has 0 radical (unpaired) electrons. The molecule has 1 aromatic heterocycles. The number of rotatable bonds is 4. The van der Waals surface area contributed by atoms with Crippen molar-refractivity contribution in [3.63, 3.8) is 0 Å². The number of hydrogen-bond acceptors (Lipinski definition) is 2. The molecule has 1 aliphatic carbocycles. The number of aryl methyl sites for hydroxylation is 1. The number of hydrogen-bond donors (Lipinski definition) is 1. The zero-order chi connectivity index (χ0) is 13.0. The Labute approximate surface area is 116 Å². The van der Waals surface area contributed by atoms with Crippen molar-refractivity contribution in [1.82, 2.24) is 5.32 Å². The first-order chi connectivity index (χ1) is 8.72. The molecule has 1 heterocycles. The minimum Gasteiger partial charge on any atom is -0.469 e. The van der Waals surface area contributed by atoms with E-state index in [9.17, 15) is 4.79 Å². The van der Waals surface area contributed by atoms with Gasteiger partial charge >= 0.3 is 0 Å². The Balaban J connectivity index is 1.87. The predicted octanol–water partition coefficient (Wildman–Crippen LogP) is 3.52. The largest absolute Gasteiger partial charge is 0.469 e. The average molecular weight is 314 g/mol. The van der Waals surface area contributed by atoms with Gasteiger partial charge in [0.05, 0.1) is 11.8 Å². The molecule has 1 fully saturated rings. The lowest BCUT2D eigenvalue weighted by Crippen LogP contribution is -2.34. The van der Waals surface area contributed by atoms with Crippen molar-refractivity contribution in [2.24, 2.45) is 11.8 Å². The van der Waals surface area contributed by atoms with Crippen LogP contribution >= 0.6 is 15.9 Å². The maximum atomic E-state index is 12.0. The lowest BCUT2D eigenvalue weighted by atomic mass is 9.80. The second-order valence-electron chi connectivity index (χ2n) is 5.06. The smallest absolute Gasteiger partial charge is 0.254 e. The summed E-state index contributed by atoms with van der Waals surface area (Å²) < 4.78 is 5.15. The van der Waals surface area contributed by atoms with E-state index in [4.69, 9.17) is 4.42 Å². The van der Waals surface area contributed by atoms with E-state index >= 15 is 0 Å². The lowest BCUT2D eigenvalue weighted by Gasteiger charge is -2.30. The van der Waals surface area contributed by atoms with Crippen molar-refractivity contribution in [1.29, 1.82) is 0 Å². The first-order valence-corrected chi connectivity index (χ1v) is 7.72. The van der Waals surface area contributed by atoms with Crippen molar-refractivity contribution in [2.75, 3.05) is 11.9 Å². The van der Waals surface area contributed by atoms with Gasteiger partial charge in [-0.15, -0.1) is 0 Å². The van der Waals surface area contributed by atoms with Gasteiger partial charge in [0.1, 0.15) is 5.76 Å². The fraction of sp³-hybridized carbons (Fsp3) is 0.643. The SMILES string of the molecule is Cc1occc1C(=O)NCC1CCCCC1CBr. The van der Waals surface area contributed by atoms with Crippen LogP contribution in [0.15, 0.2) is 16.7 Å². The van der Waals surface area contributed by atoms with E-state index in [-0.39, 0.29) is 5.91 Å². The van der Waals surface area contributed by atoms with Gasteiger partial charge in [0.2, 0.25) is 0 Å². The molecular formula is C14H20BrNO2. The van der Waals surface area contributed by atoms with Crippen LogP contribution in [0.1, 0.15) is 41.8 Å². The Morgan fingerprint density at radius 1 is 1.44 bits per heavy atom. The number of amides is 1. The molecule has 4 heteroatoms. The first kappa shape index (κ1) is 13.7. The summed E-state index contributed by atoms with van der Waals surface area (Å²) in [6.45, 7) is 2.59. The molecule has 0 aliphatic heterocycles. The highest BCUT2D eigenvalue weighted by Gasteiger charge is 2.24. The Kier molecular flexibility index (Phi) is 4.87. The minimum atomic E-state index is -0.0138. The van der Waals surface area contributed by atoms with Crippen LogP contribution in [-0.4, -0.2) is 17.8 Å². The van der Waals surface area contributed by atoms with Crippen molar-refractivity contribution in [3.8, 4) is 0 Å². The Bertz CT molecular complexity index is 402. The Hall–Kier alpha value is -0.770. The van der Waals surface area contributed by atoms with E-state index in [2.05, 4.69) is 21.2 Å². The normalized spacial score (nSPS) is 23.9. The van der Waals surface area contributed by atoms with Gasteiger partial charge in [0.25, 0.3) is 5.91 Å². The molecule has 1 aliphatic rings. The number of alkyl halides is 1. The van der Waals surface area contributed by atoms with Gasteiger partial charge in [-0.05, 0) is 37.7 Å². The fourth-order valence-electron chi connectivity index (χ4n) is 2.70. The molecule has 2 unspecified atom stereocenters. The van der Waals surface area contributed by atoms with E-state index in [1.807, 2.05) is 6.92 Å². The second-order valence-corrected chi connectivity index (χ2v) is 5.71. The van der Waals surface area contributed by atoms with Gasteiger partial charge in [-0.2, -0.15) is 0 Å². The zero-order valence-corrected chi connectivity index (χ0v) is 12.3. The predicted molar refractivity (Wildman–Crippen MR) is 75.0 cm³/mol. The van der Waals surface area contributed by atoms with Crippen molar-refractivity contribution in [3.05, 3.63) is 23.7 Å². The topological polar surface area (TPSA) is 42.2 Å². The molecule has 2 atom stereocenters. The summed E-state index contributed by atoms with van der Waals surface area (Å²) in [6, 6.07) is 1.73. The van der Waals surface area contributed by atoms with E-state index in [0.29, 0.717) is 23.2 Å². The summed E-state index contributed by atoms with van der Waals surface area (Å²) in [6.07, 6.45) is 6.67. The van der Waals surface area contributed by atoms with Gasteiger partial charge in [-0.3, -0.25) is 4.79 Å². The molecule has 2 rings (SSSR count). The van der Waals surface area contributed by atoms with Gasteiger partial charge < -0.3 is 9.73 Å². The minimum absolute atomic E-state index is 0.0138. The molecule has 1 amide bonds. The number of carbonyl (C=O) groups is 1. The van der Waals surface area contributed by atoms with Gasteiger partial charge in [-0.25, -0.2) is 0 Å². The van der Waals surface area contributed by atoms with Crippen LogP contribution < -0.4 is 5.32 Å². The summed E-state index contributed by atoms with van der Waals surface area (Å²) in [5, 5.41) is 4.08. The van der Waals surface area contributed by atoms with Crippen LogP contribution in [0.3, 0.4) is 0 Å². The number of nitrogens with one attached hydrogen (secondary N) is 1. The van der Waals surface area contributed by atoms with Gasteiger partial charge in [-0.1, -0.05) is 28.8 Å². The van der Waals surface area contributed by atoms with E-state index in [1.165, 1.54) is 25.7 Å². The highest BCUT2D eigenvalue weighted by Crippen LogP contribution is 2.30. The van der Waals surface area contributed by atoms with Crippen LogP contribution in [-0.2, 0) is 0 Å². The molecule has 1 N–H and O–H groups in total. The Morgan fingerprint density at radius 3 is 2.78 bits per heavy atom. The molecule has 0 bridgehead atoms. The number of halogens is 1. The molecule has 1 aromatic rings. The lowest BCUT2D eigenvalue weighted by molar-refractivity contribution is 0.0935. The third-order valence-electron chi connectivity index (χ3n) is 3.89. The molecule has 3 nitrogen and oxygen atoms in total. The molecule has 100 valence electrons. The maximum Gasteiger partial charge on any atom is 0.254 e. The van der Waals surface area contributed by atoms with Gasteiger partial charge in [0, 0.05) is 11.9 Å². The summed E-state index contributed by atoms with van der Waals surface area (Å²) >= 11 is 3.58.